The molecule has 1 atom stereocenters. The number of unbranched alkanes of at least 4 members (excludes halogenated alkanes) is 3. The zero-order valence-corrected chi connectivity index (χ0v) is 12.7. The molecule has 0 fully saturated rings. The highest BCUT2D eigenvalue weighted by Gasteiger charge is 2.17. The van der Waals surface area contributed by atoms with Crippen molar-refractivity contribution in [2.45, 2.75) is 31.7 Å². The highest BCUT2D eigenvalue weighted by Crippen LogP contribution is 2.19. The Labute approximate surface area is 122 Å². The molecule has 1 unspecified atom stereocenters. The Bertz CT molecular complexity index is 385. The molecule has 0 saturated carbocycles. The Morgan fingerprint density at radius 1 is 1.53 bits per heavy atom. The smallest absolute Gasteiger partial charge is 0.326 e. The van der Waals surface area contributed by atoms with Crippen molar-refractivity contribution in [1.82, 2.24) is 4.98 Å². The maximum absolute atomic E-state index is 10.7. The van der Waals surface area contributed by atoms with E-state index in [1.165, 1.54) is 36.4 Å². The number of rotatable bonds is 10. The summed E-state index contributed by atoms with van der Waals surface area (Å²) < 4.78 is 0. The molecule has 0 radical (unpaired) electrons. The summed E-state index contributed by atoms with van der Waals surface area (Å²) in [4.78, 5) is 14.9. The Kier molecular flexibility index (Phi) is 7.85. The lowest BCUT2D eigenvalue weighted by Gasteiger charge is -2.03. The van der Waals surface area contributed by atoms with E-state index in [1.54, 1.807) is 5.38 Å². The number of aromatic nitrogens is 1. The molecular weight excluding hydrogens is 282 g/mol. The van der Waals surface area contributed by atoms with Gasteiger partial charge in [-0.05, 0) is 24.9 Å². The average molecular weight is 303 g/mol. The maximum atomic E-state index is 10.7. The average Bonchev–Trinajstić information content (AvgIpc) is 2.85. The molecule has 0 spiro atoms. The first-order valence-electron chi connectivity index (χ1n) is 6.31. The summed E-state index contributed by atoms with van der Waals surface area (Å²) in [6, 6.07) is -1.03. The van der Waals surface area contributed by atoms with Gasteiger partial charge in [-0.15, -0.1) is 11.3 Å². The van der Waals surface area contributed by atoms with Crippen LogP contribution in [-0.4, -0.2) is 34.6 Å². The van der Waals surface area contributed by atoms with E-state index in [0.717, 1.165) is 18.1 Å². The van der Waals surface area contributed by atoms with E-state index in [0.29, 0.717) is 5.69 Å². The van der Waals surface area contributed by atoms with Crippen LogP contribution in [0.5, 0.6) is 0 Å². The lowest BCUT2D eigenvalue weighted by atomic mass is 10.2. The van der Waals surface area contributed by atoms with Crippen molar-refractivity contribution in [3.63, 3.8) is 0 Å². The van der Waals surface area contributed by atoms with Crippen LogP contribution < -0.4 is 11.1 Å². The third-order valence-electron chi connectivity index (χ3n) is 2.66. The lowest BCUT2D eigenvalue weighted by molar-refractivity contribution is -0.138. The number of carbonyl (C=O) groups is 1. The van der Waals surface area contributed by atoms with E-state index in [-0.39, 0.29) is 0 Å². The van der Waals surface area contributed by atoms with Crippen LogP contribution in [0.3, 0.4) is 0 Å². The van der Waals surface area contributed by atoms with Crippen LogP contribution in [0.1, 0.15) is 37.4 Å². The van der Waals surface area contributed by atoms with Crippen molar-refractivity contribution in [2.75, 3.05) is 23.9 Å². The first-order valence-corrected chi connectivity index (χ1v) is 8.59. The second-order valence-electron chi connectivity index (χ2n) is 4.23. The van der Waals surface area contributed by atoms with E-state index >= 15 is 0 Å². The van der Waals surface area contributed by atoms with Gasteiger partial charge in [-0.2, -0.15) is 11.8 Å². The fourth-order valence-corrected chi connectivity index (χ4v) is 2.82. The molecule has 0 amide bonds. The van der Waals surface area contributed by atoms with Gasteiger partial charge in [-0.1, -0.05) is 12.8 Å². The van der Waals surface area contributed by atoms with Gasteiger partial charge < -0.3 is 16.2 Å². The molecule has 1 heterocycles. The minimum absolute atomic E-state index is 0.417. The minimum Gasteiger partial charge on any atom is -0.480 e. The zero-order valence-electron chi connectivity index (χ0n) is 11.1. The summed E-state index contributed by atoms with van der Waals surface area (Å²) in [6.45, 7) is 0.870. The molecule has 7 heteroatoms. The Hall–Kier alpha value is -0.790. The second-order valence-corrected chi connectivity index (χ2v) is 6.07. The van der Waals surface area contributed by atoms with Crippen LogP contribution in [0.15, 0.2) is 5.38 Å². The molecule has 1 aromatic rings. The van der Waals surface area contributed by atoms with Crippen LogP contribution in [-0.2, 0) is 4.79 Å². The lowest BCUT2D eigenvalue weighted by Crippen LogP contribution is -2.20. The molecule has 19 heavy (non-hydrogen) atoms. The number of nitrogens with two attached hydrogens (primary N) is 1. The summed E-state index contributed by atoms with van der Waals surface area (Å²) in [5, 5.41) is 14.4. The van der Waals surface area contributed by atoms with Gasteiger partial charge in [0.25, 0.3) is 0 Å². The molecule has 0 aromatic carbocycles. The standard InChI is InChI=1S/C12H21N3O2S2/c1-18-7-5-3-2-4-6-14-12-15-9(8-19-12)10(13)11(16)17/h8,10H,2-7,13H2,1H3,(H,14,15)(H,16,17). The predicted octanol–water partition coefficient (Wildman–Crippen LogP) is 2.56. The molecule has 0 aliphatic rings. The maximum Gasteiger partial charge on any atom is 0.326 e. The van der Waals surface area contributed by atoms with Gasteiger partial charge in [0, 0.05) is 11.9 Å². The van der Waals surface area contributed by atoms with Gasteiger partial charge in [0.2, 0.25) is 0 Å². The van der Waals surface area contributed by atoms with Crippen LogP contribution >= 0.6 is 23.1 Å². The first kappa shape index (κ1) is 16.3. The van der Waals surface area contributed by atoms with Crippen LogP contribution in [0.25, 0.3) is 0 Å². The van der Waals surface area contributed by atoms with Crippen molar-refractivity contribution >= 4 is 34.2 Å². The number of hydrogen-bond acceptors (Lipinski definition) is 6. The van der Waals surface area contributed by atoms with Gasteiger partial charge in [0.1, 0.15) is 6.04 Å². The van der Waals surface area contributed by atoms with Crippen molar-refractivity contribution in [1.29, 1.82) is 0 Å². The van der Waals surface area contributed by atoms with E-state index in [1.807, 2.05) is 11.8 Å². The van der Waals surface area contributed by atoms with E-state index in [2.05, 4.69) is 16.6 Å². The number of anilines is 1. The molecular formula is C12H21N3O2S2. The molecule has 0 saturated heterocycles. The fraction of sp³-hybridized carbons (Fsp3) is 0.667. The monoisotopic (exact) mass is 303 g/mol. The number of nitrogens with zero attached hydrogens (tertiary/aromatic N) is 1. The van der Waals surface area contributed by atoms with Crippen molar-refractivity contribution in [2.24, 2.45) is 5.73 Å². The topological polar surface area (TPSA) is 88.2 Å². The zero-order chi connectivity index (χ0) is 14.1. The van der Waals surface area contributed by atoms with Gasteiger partial charge >= 0.3 is 5.97 Å². The molecule has 0 aliphatic carbocycles. The van der Waals surface area contributed by atoms with Crippen LogP contribution in [0.2, 0.25) is 0 Å². The van der Waals surface area contributed by atoms with Crippen molar-refractivity contribution in [3.8, 4) is 0 Å². The number of thioether (sulfide) groups is 1. The second kappa shape index (κ2) is 9.17. The summed E-state index contributed by atoms with van der Waals surface area (Å²) >= 11 is 3.28. The van der Waals surface area contributed by atoms with E-state index in [4.69, 9.17) is 10.8 Å². The van der Waals surface area contributed by atoms with Crippen LogP contribution in [0, 0.1) is 0 Å². The summed E-state index contributed by atoms with van der Waals surface area (Å²) in [5.41, 5.74) is 5.91. The fourth-order valence-electron chi connectivity index (χ4n) is 1.56. The minimum atomic E-state index is -1.05. The number of nitrogens with one attached hydrogen (secondary N) is 1. The molecule has 0 bridgehead atoms. The van der Waals surface area contributed by atoms with Crippen molar-refractivity contribution in [3.05, 3.63) is 11.1 Å². The van der Waals surface area contributed by atoms with Gasteiger partial charge in [0.15, 0.2) is 5.13 Å². The molecule has 5 nitrogen and oxygen atoms in total. The summed E-state index contributed by atoms with van der Waals surface area (Å²) in [6.07, 6.45) is 6.98. The number of carboxylic acid groups (broad SMARTS) is 1. The molecule has 1 aromatic heterocycles. The van der Waals surface area contributed by atoms with Crippen LogP contribution in [0.4, 0.5) is 5.13 Å². The van der Waals surface area contributed by atoms with E-state index < -0.39 is 12.0 Å². The number of carboxylic acids is 1. The van der Waals surface area contributed by atoms with Crippen molar-refractivity contribution < 1.29 is 9.90 Å². The Morgan fingerprint density at radius 3 is 2.95 bits per heavy atom. The van der Waals surface area contributed by atoms with Gasteiger partial charge in [0.05, 0.1) is 5.69 Å². The summed E-state index contributed by atoms with van der Waals surface area (Å²) in [5.74, 6) is 0.182. The number of hydrogen-bond donors (Lipinski definition) is 3. The van der Waals surface area contributed by atoms with Gasteiger partial charge in [-0.25, -0.2) is 4.98 Å². The largest absolute Gasteiger partial charge is 0.480 e. The molecule has 0 aliphatic heterocycles. The third kappa shape index (κ3) is 6.26. The van der Waals surface area contributed by atoms with Gasteiger partial charge in [-0.3, -0.25) is 4.79 Å². The molecule has 1 rings (SSSR count). The third-order valence-corrected chi connectivity index (χ3v) is 4.17. The normalized spacial score (nSPS) is 12.3. The summed E-state index contributed by atoms with van der Waals surface area (Å²) in [7, 11) is 0. The SMILES string of the molecule is CSCCCCCCNc1nc(C(N)C(=O)O)cs1. The highest BCUT2D eigenvalue weighted by molar-refractivity contribution is 7.98. The number of aliphatic carboxylic acids is 1. The number of thiazole rings is 1. The Balaban J connectivity index is 2.18. The predicted molar refractivity (Wildman–Crippen MR) is 82.0 cm³/mol. The highest BCUT2D eigenvalue weighted by atomic mass is 32.2. The molecule has 4 N–H and O–H groups in total. The quantitative estimate of drug-likeness (QED) is 0.576. The first-order chi connectivity index (χ1) is 9.15. The molecule has 108 valence electrons. The Morgan fingerprint density at radius 2 is 2.26 bits per heavy atom. The van der Waals surface area contributed by atoms with E-state index in [9.17, 15) is 4.79 Å².